The molecule has 4 heteroatoms. The van der Waals surface area contributed by atoms with Crippen molar-refractivity contribution in [2.45, 2.75) is 45.3 Å². The van der Waals surface area contributed by atoms with E-state index in [0.717, 1.165) is 29.9 Å². The molecule has 1 aliphatic heterocycles. The molecule has 112 valence electrons. The molecule has 0 aromatic heterocycles. The van der Waals surface area contributed by atoms with E-state index in [1.54, 1.807) is 7.11 Å². The number of nitrogens with one attached hydrogen (secondary N) is 1. The smallest absolute Gasteiger partial charge is 0.123 e. The number of nitrogens with zero attached hydrogens (tertiary/aromatic N) is 1. The molecule has 0 amide bonds. The third-order valence-corrected chi connectivity index (χ3v) is 4.54. The van der Waals surface area contributed by atoms with Gasteiger partial charge < -0.3 is 10.1 Å². The highest BCUT2D eigenvalue weighted by atomic mass is 79.9. The summed E-state index contributed by atoms with van der Waals surface area (Å²) in [5.74, 6) is 0.959. The fraction of sp³-hybridized carbons (Fsp3) is 0.625. The minimum absolute atomic E-state index is 0.142. The first kappa shape index (κ1) is 15.8. The number of hydrogen-bond acceptors (Lipinski definition) is 3. The normalized spacial score (nSPS) is 21.7. The van der Waals surface area contributed by atoms with E-state index in [1.165, 1.54) is 5.56 Å². The molecule has 1 fully saturated rings. The molecule has 0 aliphatic carbocycles. The fourth-order valence-corrected chi connectivity index (χ4v) is 3.07. The minimum atomic E-state index is 0.142. The number of ether oxygens (including phenoxy) is 1. The van der Waals surface area contributed by atoms with Gasteiger partial charge in [0.25, 0.3) is 0 Å². The third kappa shape index (κ3) is 3.54. The van der Waals surface area contributed by atoms with Gasteiger partial charge >= 0.3 is 0 Å². The van der Waals surface area contributed by atoms with Gasteiger partial charge in [-0.15, -0.1) is 0 Å². The predicted octanol–water partition coefficient (Wildman–Crippen LogP) is 3.42. The summed E-state index contributed by atoms with van der Waals surface area (Å²) in [5, 5.41) is 3.62. The van der Waals surface area contributed by atoms with Crippen LogP contribution < -0.4 is 10.1 Å². The number of benzene rings is 1. The van der Waals surface area contributed by atoms with Crippen LogP contribution in [0.1, 0.15) is 33.3 Å². The van der Waals surface area contributed by atoms with Crippen LogP contribution in [0.4, 0.5) is 0 Å². The lowest BCUT2D eigenvalue weighted by Crippen LogP contribution is -2.65. The molecular formula is C16H25BrN2O. The number of piperazine rings is 1. The van der Waals surface area contributed by atoms with E-state index in [4.69, 9.17) is 4.74 Å². The van der Waals surface area contributed by atoms with E-state index in [9.17, 15) is 0 Å². The summed E-state index contributed by atoms with van der Waals surface area (Å²) in [6.07, 6.45) is 0. The van der Waals surface area contributed by atoms with Gasteiger partial charge in [0, 0.05) is 40.7 Å². The Bertz CT molecular complexity index is 485. The molecular weight excluding hydrogens is 316 g/mol. The van der Waals surface area contributed by atoms with Crippen molar-refractivity contribution in [2.75, 3.05) is 20.2 Å². The second-order valence-electron chi connectivity index (χ2n) is 6.86. The van der Waals surface area contributed by atoms with E-state index in [-0.39, 0.29) is 11.1 Å². The predicted molar refractivity (Wildman–Crippen MR) is 87.3 cm³/mol. The van der Waals surface area contributed by atoms with Crippen molar-refractivity contribution in [1.29, 1.82) is 0 Å². The zero-order valence-electron chi connectivity index (χ0n) is 13.1. The molecule has 0 atom stereocenters. The summed E-state index contributed by atoms with van der Waals surface area (Å²) in [6, 6.07) is 6.21. The molecule has 1 heterocycles. The van der Waals surface area contributed by atoms with Crippen molar-refractivity contribution < 1.29 is 4.74 Å². The summed E-state index contributed by atoms with van der Waals surface area (Å²) in [7, 11) is 1.74. The molecule has 0 spiro atoms. The number of rotatable bonds is 3. The van der Waals surface area contributed by atoms with Crippen LogP contribution in [0.3, 0.4) is 0 Å². The van der Waals surface area contributed by atoms with Crippen LogP contribution >= 0.6 is 15.9 Å². The Hall–Kier alpha value is -0.580. The second kappa shape index (κ2) is 5.66. The zero-order chi connectivity index (χ0) is 15.0. The van der Waals surface area contributed by atoms with Crippen molar-refractivity contribution in [1.82, 2.24) is 10.2 Å². The van der Waals surface area contributed by atoms with Crippen LogP contribution in [-0.4, -0.2) is 36.2 Å². The van der Waals surface area contributed by atoms with E-state index in [2.05, 4.69) is 59.9 Å². The SMILES string of the molecule is COc1ccc(Br)cc1CN1CC(C)(C)NCC1(C)C. The Morgan fingerprint density at radius 1 is 1.30 bits per heavy atom. The standard InChI is InChI=1S/C16H25BrN2O/c1-15(2)11-19(16(3,4)10-18-15)9-12-8-13(17)6-7-14(12)20-5/h6-8,18H,9-11H2,1-5H3. The fourth-order valence-electron chi connectivity index (χ4n) is 2.66. The van der Waals surface area contributed by atoms with Gasteiger partial charge in [0.15, 0.2) is 0 Å². The Labute approximate surface area is 130 Å². The summed E-state index contributed by atoms with van der Waals surface area (Å²) < 4.78 is 6.60. The molecule has 0 bridgehead atoms. The van der Waals surface area contributed by atoms with Gasteiger partial charge in [-0.2, -0.15) is 0 Å². The minimum Gasteiger partial charge on any atom is -0.496 e. The van der Waals surface area contributed by atoms with Crippen molar-refractivity contribution in [3.05, 3.63) is 28.2 Å². The second-order valence-corrected chi connectivity index (χ2v) is 7.78. The lowest BCUT2D eigenvalue weighted by atomic mass is 9.91. The van der Waals surface area contributed by atoms with Gasteiger partial charge in [-0.1, -0.05) is 15.9 Å². The van der Waals surface area contributed by atoms with Gasteiger partial charge in [-0.05, 0) is 45.9 Å². The Morgan fingerprint density at radius 2 is 2.00 bits per heavy atom. The monoisotopic (exact) mass is 340 g/mol. The number of methoxy groups -OCH3 is 1. The maximum Gasteiger partial charge on any atom is 0.123 e. The molecule has 0 unspecified atom stereocenters. The van der Waals surface area contributed by atoms with Crippen LogP contribution in [0.5, 0.6) is 5.75 Å². The van der Waals surface area contributed by atoms with Crippen molar-refractivity contribution in [3.63, 3.8) is 0 Å². The molecule has 0 radical (unpaired) electrons. The van der Waals surface area contributed by atoms with Gasteiger partial charge in [0.1, 0.15) is 5.75 Å². The Morgan fingerprint density at radius 3 is 2.65 bits per heavy atom. The van der Waals surface area contributed by atoms with Crippen molar-refractivity contribution in [3.8, 4) is 5.75 Å². The van der Waals surface area contributed by atoms with Crippen molar-refractivity contribution in [2.24, 2.45) is 0 Å². The highest BCUT2D eigenvalue weighted by Gasteiger charge is 2.37. The molecule has 2 rings (SSSR count). The Balaban J connectivity index is 2.25. The van der Waals surface area contributed by atoms with Crippen LogP contribution in [0.15, 0.2) is 22.7 Å². The van der Waals surface area contributed by atoms with Gasteiger partial charge in [-0.25, -0.2) is 0 Å². The largest absolute Gasteiger partial charge is 0.496 e. The maximum atomic E-state index is 5.50. The topological polar surface area (TPSA) is 24.5 Å². The first-order valence-electron chi connectivity index (χ1n) is 7.06. The summed E-state index contributed by atoms with van der Waals surface area (Å²) >= 11 is 3.55. The molecule has 0 saturated carbocycles. The number of halogens is 1. The zero-order valence-corrected chi connectivity index (χ0v) is 14.7. The molecule has 1 N–H and O–H groups in total. The summed E-state index contributed by atoms with van der Waals surface area (Å²) in [6.45, 7) is 12.0. The van der Waals surface area contributed by atoms with E-state index < -0.39 is 0 Å². The quantitative estimate of drug-likeness (QED) is 0.912. The van der Waals surface area contributed by atoms with Crippen LogP contribution in [-0.2, 0) is 6.54 Å². The highest BCUT2D eigenvalue weighted by molar-refractivity contribution is 9.10. The first-order chi connectivity index (χ1) is 9.23. The first-order valence-corrected chi connectivity index (χ1v) is 7.85. The van der Waals surface area contributed by atoms with Crippen LogP contribution in [0, 0.1) is 0 Å². The molecule has 1 aromatic rings. The maximum absolute atomic E-state index is 5.50. The molecule has 1 saturated heterocycles. The number of hydrogen-bond donors (Lipinski definition) is 1. The average Bonchev–Trinajstić information content (AvgIpc) is 2.35. The average molecular weight is 341 g/mol. The van der Waals surface area contributed by atoms with Crippen LogP contribution in [0.25, 0.3) is 0 Å². The van der Waals surface area contributed by atoms with Gasteiger partial charge in [0.05, 0.1) is 7.11 Å². The highest BCUT2D eigenvalue weighted by Crippen LogP contribution is 2.30. The van der Waals surface area contributed by atoms with E-state index >= 15 is 0 Å². The molecule has 1 aromatic carbocycles. The van der Waals surface area contributed by atoms with Gasteiger partial charge in [-0.3, -0.25) is 4.90 Å². The summed E-state index contributed by atoms with van der Waals surface area (Å²) in [5.41, 5.74) is 1.52. The van der Waals surface area contributed by atoms with Crippen LogP contribution in [0.2, 0.25) is 0 Å². The Kier molecular flexibility index (Phi) is 4.47. The molecule has 3 nitrogen and oxygen atoms in total. The third-order valence-electron chi connectivity index (χ3n) is 4.05. The van der Waals surface area contributed by atoms with E-state index in [0.29, 0.717) is 0 Å². The van der Waals surface area contributed by atoms with E-state index in [1.807, 2.05) is 12.1 Å². The van der Waals surface area contributed by atoms with Gasteiger partial charge in [0.2, 0.25) is 0 Å². The molecule has 1 aliphatic rings. The van der Waals surface area contributed by atoms with Crippen molar-refractivity contribution >= 4 is 15.9 Å². The summed E-state index contributed by atoms with van der Waals surface area (Å²) in [4.78, 5) is 2.54. The lowest BCUT2D eigenvalue weighted by Gasteiger charge is -2.49. The lowest BCUT2D eigenvalue weighted by molar-refractivity contribution is 0.0318. The molecule has 20 heavy (non-hydrogen) atoms.